The van der Waals surface area contributed by atoms with Gasteiger partial charge in [-0.05, 0) is 57.0 Å². The van der Waals surface area contributed by atoms with Crippen molar-refractivity contribution in [1.29, 1.82) is 0 Å². The second kappa shape index (κ2) is 5.02. The van der Waals surface area contributed by atoms with Gasteiger partial charge in [0, 0.05) is 15.8 Å². The van der Waals surface area contributed by atoms with Gasteiger partial charge in [0.05, 0.1) is 11.4 Å². The number of aryl methyl sites for hydroxylation is 3. The van der Waals surface area contributed by atoms with Crippen molar-refractivity contribution in [2.45, 2.75) is 33.7 Å². The van der Waals surface area contributed by atoms with E-state index in [2.05, 4.69) is 51.2 Å². The first-order valence-corrected chi connectivity index (χ1v) is 6.98. The number of nitrogens with two attached hydrogens (primary N) is 1. The van der Waals surface area contributed by atoms with Gasteiger partial charge in [-0.15, -0.1) is 11.3 Å². The molecule has 0 bridgehead atoms. The third-order valence-corrected chi connectivity index (χ3v) is 4.11. The SMILES string of the molecule is Cc1ccc(NC(C)c2cc(C)sc2C)c(N)c1. The Bertz CT molecular complexity index is 558. The zero-order valence-corrected chi connectivity index (χ0v) is 12.2. The Hall–Kier alpha value is -1.48. The van der Waals surface area contributed by atoms with Gasteiger partial charge >= 0.3 is 0 Å². The number of hydrogen-bond acceptors (Lipinski definition) is 3. The van der Waals surface area contributed by atoms with E-state index >= 15 is 0 Å². The van der Waals surface area contributed by atoms with Crippen LogP contribution in [0.4, 0.5) is 11.4 Å². The van der Waals surface area contributed by atoms with Crippen LogP contribution in [0.3, 0.4) is 0 Å². The van der Waals surface area contributed by atoms with Gasteiger partial charge in [-0.25, -0.2) is 0 Å². The van der Waals surface area contributed by atoms with Gasteiger partial charge in [0.25, 0.3) is 0 Å². The quantitative estimate of drug-likeness (QED) is 0.801. The summed E-state index contributed by atoms with van der Waals surface area (Å²) in [6, 6.07) is 8.66. The maximum atomic E-state index is 6.03. The van der Waals surface area contributed by atoms with Crippen molar-refractivity contribution in [1.82, 2.24) is 0 Å². The van der Waals surface area contributed by atoms with Crippen molar-refractivity contribution in [2.75, 3.05) is 11.1 Å². The summed E-state index contributed by atoms with van der Waals surface area (Å²) in [5.74, 6) is 0. The van der Waals surface area contributed by atoms with Crippen LogP contribution in [0.5, 0.6) is 0 Å². The Balaban J connectivity index is 2.21. The Morgan fingerprint density at radius 2 is 1.89 bits per heavy atom. The van der Waals surface area contributed by atoms with Crippen LogP contribution in [-0.4, -0.2) is 0 Å². The molecule has 2 aromatic rings. The molecule has 0 spiro atoms. The second-order valence-electron chi connectivity index (χ2n) is 4.83. The molecule has 0 aliphatic rings. The molecule has 18 heavy (non-hydrogen) atoms. The summed E-state index contributed by atoms with van der Waals surface area (Å²) in [5.41, 5.74) is 10.4. The molecule has 1 heterocycles. The molecule has 2 rings (SSSR count). The molecule has 0 aliphatic carbocycles. The van der Waals surface area contributed by atoms with Gasteiger partial charge in [0.2, 0.25) is 0 Å². The van der Waals surface area contributed by atoms with E-state index in [1.54, 1.807) is 0 Å². The first-order valence-electron chi connectivity index (χ1n) is 6.17. The van der Waals surface area contributed by atoms with E-state index in [0.29, 0.717) is 0 Å². The fourth-order valence-electron chi connectivity index (χ4n) is 2.20. The molecule has 1 aromatic heterocycles. The summed E-state index contributed by atoms with van der Waals surface area (Å²) < 4.78 is 0. The molecule has 1 unspecified atom stereocenters. The van der Waals surface area contributed by atoms with Gasteiger partial charge in [-0.2, -0.15) is 0 Å². The molecule has 3 heteroatoms. The molecule has 2 nitrogen and oxygen atoms in total. The van der Waals surface area contributed by atoms with Crippen molar-refractivity contribution < 1.29 is 0 Å². The molecular weight excluding hydrogens is 240 g/mol. The minimum atomic E-state index is 0.278. The lowest BCUT2D eigenvalue weighted by Gasteiger charge is -2.17. The summed E-state index contributed by atoms with van der Waals surface area (Å²) in [6.07, 6.45) is 0. The summed E-state index contributed by atoms with van der Waals surface area (Å²) in [7, 11) is 0. The third-order valence-electron chi connectivity index (χ3n) is 3.12. The number of rotatable bonds is 3. The highest BCUT2D eigenvalue weighted by Crippen LogP contribution is 2.30. The summed E-state index contributed by atoms with van der Waals surface area (Å²) in [5, 5.41) is 3.49. The maximum Gasteiger partial charge on any atom is 0.0578 e. The number of nitrogen functional groups attached to an aromatic ring is 1. The van der Waals surface area contributed by atoms with Crippen LogP contribution >= 0.6 is 11.3 Å². The third kappa shape index (κ3) is 2.67. The van der Waals surface area contributed by atoms with E-state index in [1.165, 1.54) is 20.9 Å². The highest BCUT2D eigenvalue weighted by atomic mass is 32.1. The maximum absolute atomic E-state index is 6.03. The normalized spacial score (nSPS) is 12.4. The zero-order chi connectivity index (χ0) is 13.3. The second-order valence-corrected chi connectivity index (χ2v) is 6.29. The van der Waals surface area contributed by atoms with Crippen molar-refractivity contribution in [3.63, 3.8) is 0 Å². The topological polar surface area (TPSA) is 38.0 Å². The fraction of sp³-hybridized carbons (Fsp3) is 0.333. The highest BCUT2D eigenvalue weighted by molar-refractivity contribution is 7.12. The molecule has 0 aliphatic heterocycles. The standard InChI is InChI=1S/C15H20N2S/c1-9-5-6-15(14(16)7-9)17-11(3)13-8-10(2)18-12(13)4/h5-8,11,17H,16H2,1-4H3. The van der Waals surface area contributed by atoms with E-state index in [9.17, 15) is 0 Å². The smallest absolute Gasteiger partial charge is 0.0578 e. The van der Waals surface area contributed by atoms with Gasteiger partial charge in [-0.3, -0.25) is 0 Å². The van der Waals surface area contributed by atoms with Crippen LogP contribution in [0.1, 0.15) is 33.8 Å². The Labute approximate surface area is 113 Å². The first-order chi connectivity index (χ1) is 8.47. The summed E-state index contributed by atoms with van der Waals surface area (Å²) in [4.78, 5) is 2.73. The van der Waals surface area contributed by atoms with Crippen molar-refractivity contribution in [3.05, 3.63) is 45.1 Å². The van der Waals surface area contributed by atoms with Crippen LogP contribution < -0.4 is 11.1 Å². The Morgan fingerprint density at radius 3 is 2.44 bits per heavy atom. The van der Waals surface area contributed by atoms with E-state index in [0.717, 1.165) is 11.4 Å². The average Bonchev–Trinajstić information content (AvgIpc) is 2.62. The first kappa shape index (κ1) is 13.0. The summed E-state index contributed by atoms with van der Waals surface area (Å²) in [6.45, 7) is 8.54. The molecule has 0 saturated carbocycles. The van der Waals surface area contributed by atoms with E-state index in [-0.39, 0.29) is 6.04 Å². The largest absolute Gasteiger partial charge is 0.397 e. The number of thiophene rings is 1. The minimum absolute atomic E-state index is 0.278. The molecule has 0 radical (unpaired) electrons. The van der Waals surface area contributed by atoms with Crippen LogP contribution in [-0.2, 0) is 0 Å². The predicted octanol–water partition coefficient (Wildman–Crippen LogP) is 4.43. The van der Waals surface area contributed by atoms with Crippen LogP contribution in [0.15, 0.2) is 24.3 Å². The van der Waals surface area contributed by atoms with Gasteiger partial charge in [0.1, 0.15) is 0 Å². The van der Waals surface area contributed by atoms with Crippen LogP contribution in [0.2, 0.25) is 0 Å². The lowest BCUT2D eigenvalue weighted by atomic mass is 10.1. The van der Waals surface area contributed by atoms with Crippen molar-refractivity contribution in [2.24, 2.45) is 0 Å². The summed E-state index contributed by atoms with van der Waals surface area (Å²) >= 11 is 1.84. The van der Waals surface area contributed by atoms with E-state index in [1.807, 2.05) is 17.4 Å². The lowest BCUT2D eigenvalue weighted by Crippen LogP contribution is -2.08. The molecule has 96 valence electrons. The number of anilines is 2. The number of nitrogens with one attached hydrogen (secondary N) is 1. The van der Waals surface area contributed by atoms with E-state index in [4.69, 9.17) is 5.73 Å². The highest BCUT2D eigenvalue weighted by Gasteiger charge is 2.12. The van der Waals surface area contributed by atoms with Gasteiger partial charge in [-0.1, -0.05) is 6.07 Å². The molecule has 0 amide bonds. The van der Waals surface area contributed by atoms with Crippen molar-refractivity contribution in [3.8, 4) is 0 Å². The lowest BCUT2D eigenvalue weighted by molar-refractivity contribution is 0.882. The number of hydrogen-bond donors (Lipinski definition) is 2. The van der Waals surface area contributed by atoms with Crippen LogP contribution in [0, 0.1) is 20.8 Å². The molecule has 1 atom stereocenters. The minimum Gasteiger partial charge on any atom is -0.397 e. The van der Waals surface area contributed by atoms with Gasteiger partial charge in [0.15, 0.2) is 0 Å². The molecular formula is C15H20N2S. The molecule has 0 fully saturated rings. The number of benzene rings is 1. The monoisotopic (exact) mass is 260 g/mol. The average molecular weight is 260 g/mol. The zero-order valence-electron chi connectivity index (χ0n) is 11.4. The van der Waals surface area contributed by atoms with Gasteiger partial charge < -0.3 is 11.1 Å². The van der Waals surface area contributed by atoms with Crippen LogP contribution in [0.25, 0.3) is 0 Å². The Morgan fingerprint density at radius 1 is 1.17 bits per heavy atom. The predicted molar refractivity (Wildman–Crippen MR) is 81.4 cm³/mol. The Kier molecular flexibility index (Phi) is 3.62. The van der Waals surface area contributed by atoms with Crippen molar-refractivity contribution >= 4 is 22.7 Å². The molecule has 1 aromatic carbocycles. The fourth-order valence-corrected chi connectivity index (χ4v) is 3.23. The van der Waals surface area contributed by atoms with E-state index < -0.39 is 0 Å². The molecule has 3 N–H and O–H groups in total. The molecule has 0 saturated heterocycles.